The summed E-state index contributed by atoms with van der Waals surface area (Å²) < 4.78 is 1.45. The highest BCUT2D eigenvalue weighted by Gasteiger charge is 2.31. The molecule has 3 amide bonds. The van der Waals surface area contributed by atoms with Crippen LogP contribution in [0.4, 0.5) is 10.6 Å². The van der Waals surface area contributed by atoms with Gasteiger partial charge in [0.25, 0.3) is 0 Å². The Kier molecular flexibility index (Phi) is 10.5. The average Bonchev–Trinajstić information content (AvgIpc) is 2.91. The highest BCUT2D eigenvalue weighted by atomic mass is 35.5. The van der Waals surface area contributed by atoms with Crippen molar-refractivity contribution in [2.24, 2.45) is 17.4 Å². The van der Waals surface area contributed by atoms with E-state index in [0.29, 0.717) is 37.8 Å². The SMILES string of the molecule is CC(C)(N)C(=O)N1CCN(C(=O)Nc2ccn(-c3ccc(CCN4CCC[C@@H](CN)C4)cc3)c(=O)n2)CC1.Cl. The lowest BCUT2D eigenvalue weighted by atomic mass is 9.98. The van der Waals surface area contributed by atoms with Crippen LogP contribution in [0.25, 0.3) is 5.69 Å². The van der Waals surface area contributed by atoms with Crippen molar-refractivity contribution in [3.05, 3.63) is 52.6 Å². The van der Waals surface area contributed by atoms with E-state index in [0.717, 1.165) is 32.6 Å². The second-order valence-electron chi connectivity index (χ2n) is 10.9. The molecule has 2 aliphatic rings. The van der Waals surface area contributed by atoms with Gasteiger partial charge in [-0.3, -0.25) is 14.7 Å². The molecule has 0 bridgehead atoms. The van der Waals surface area contributed by atoms with Gasteiger partial charge in [-0.2, -0.15) is 4.98 Å². The van der Waals surface area contributed by atoms with Gasteiger partial charge in [-0.05, 0) is 75.9 Å². The number of carbonyl (C=O) groups excluding carboxylic acids is 2. The lowest BCUT2D eigenvalue weighted by Gasteiger charge is -2.37. The Morgan fingerprint density at radius 2 is 1.72 bits per heavy atom. The van der Waals surface area contributed by atoms with Crippen LogP contribution >= 0.6 is 12.4 Å². The van der Waals surface area contributed by atoms with E-state index in [9.17, 15) is 14.4 Å². The third-order valence-corrected chi connectivity index (χ3v) is 7.31. The monoisotopic (exact) mass is 560 g/mol. The molecule has 2 aliphatic heterocycles. The van der Waals surface area contributed by atoms with Crippen molar-refractivity contribution < 1.29 is 9.59 Å². The predicted molar refractivity (Wildman–Crippen MR) is 154 cm³/mol. The molecule has 0 aliphatic carbocycles. The zero-order chi connectivity index (χ0) is 27.3. The van der Waals surface area contributed by atoms with Crippen molar-refractivity contribution in [2.75, 3.05) is 57.7 Å². The average molecular weight is 561 g/mol. The Morgan fingerprint density at radius 3 is 2.33 bits per heavy atom. The summed E-state index contributed by atoms with van der Waals surface area (Å²) in [6.45, 7) is 8.86. The summed E-state index contributed by atoms with van der Waals surface area (Å²) in [6.07, 6.45) is 4.99. The minimum atomic E-state index is -0.944. The van der Waals surface area contributed by atoms with Crippen LogP contribution < -0.4 is 22.5 Å². The van der Waals surface area contributed by atoms with Gasteiger partial charge in [-0.15, -0.1) is 12.4 Å². The molecule has 3 heterocycles. The first-order chi connectivity index (χ1) is 18.1. The Bertz CT molecular complexity index is 1170. The zero-order valence-corrected chi connectivity index (χ0v) is 23.7. The number of halogens is 1. The van der Waals surface area contributed by atoms with Crippen LogP contribution in [-0.4, -0.2) is 94.1 Å². The predicted octanol–water partition coefficient (Wildman–Crippen LogP) is 1.28. The van der Waals surface area contributed by atoms with Crippen molar-refractivity contribution in [3.63, 3.8) is 0 Å². The molecule has 12 heteroatoms. The summed E-state index contributed by atoms with van der Waals surface area (Å²) in [5, 5.41) is 2.69. The molecule has 5 N–H and O–H groups in total. The molecule has 0 unspecified atom stereocenters. The zero-order valence-electron chi connectivity index (χ0n) is 22.8. The van der Waals surface area contributed by atoms with E-state index < -0.39 is 11.2 Å². The number of carbonyl (C=O) groups is 2. The molecule has 39 heavy (non-hydrogen) atoms. The fourth-order valence-electron chi connectivity index (χ4n) is 5.04. The van der Waals surface area contributed by atoms with Gasteiger partial charge in [0.2, 0.25) is 5.91 Å². The number of benzene rings is 1. The minimum Gasteiger partial charge on any atom is -0.338 e. The van der Waals surface area contributed by atoms with Crippen LogP contribution in [0.3, 0.4) is 0 Å². The van der Waals surface area contributed by atoms with Gasteiger partial charge in [0.1, 0.15) is 5.82 Å². The standard InChI is InChI=1S/C27H40N8O3.ClH/c1-27(2,29)24(36)33-14-16-34(17-15-33)25(37)30-23-10-13-35(26(38)31-23)22-7-5-20(6-8-22)9-12-32-11-3-4-21(18-28)19-32;/h5-8,10,13,21H,3-4,9,11-12,14-19,28-29H2,1-2H3,(H,30,31,37,38);1H/t21-;/m0./s1. The van der Waals surface area contributed by atoms with E-state index >= 15 is 0 Å². The lowest BCUT2D eigenvalue weighted by molar-refractivity contribution is -0.137. The summed E-state index contributed by atoms with van der Waals surface area (Å²) >= 11 is 0. The molecule has 0 radical (unpaired) electrons. The van der Waals surface area contributed by atoms with Crippen molar-refractivity contribution in [1.82, 2.24) is 24.3 Å². The first-order valence-electron chi connectivity index (χ1n) is 13.4. The van der Waals surface area contributed by atoms with Gasteiger partial charge < -0.3 is 26.2 Å². The number of rotatable bonds is 7. The molecule has 2 aromatic rings. The summed E-state index contributed by atoms with van der Waals surface area (Å²) in [7, 11) is 0. The molecule has 1 atom stereocenters. The van der Waals surface area contributed by atoms with Crippen molar-refractivity contribution in [3.8, 4) is 5.69 Å². The van der Waals surface area contributed by atoms with E-state index in [4.69, 9.17) is 11.5 Å². The number of nitrogens with zero attached hydrogens (tertiary/aromatic N) is 5. The topological polar surface area (TPSA) is 143 Å². The second kappa shape index (κ2) is 13.4. The minimum absolute atomic E-state index is 0. The molecule has 11 nitrogen and oxygen atoms in total. The van der Waals surface area contributed by atoms with E-state index in [2.05, 4.69) is 15.2 Å². The number of urea groups is 1. The maximum atomic E-state index is 12.7. The summed E-state index contributed by atoms with van der Waals surface area (Å²) in [5.41, 5.74) is 12.3. The Balaban J connectivity index is 0.00000420. The maximum absolute atomic E-state index is 12.7. The van der Waals surface area contributed by atoms with E-state index in [-0.39, 0.29) is 30.2 Å². The van der Waals surface area contributed by atoms with Gasteiger partial charge in [0, 0.05) is 45.5 Å². The molecule has 4 rings (SSSR count). The van der Waals surface area contributed by atoms with E-state index in [1.54, 1.807) is 35.9 Å². The number of hydrogen-bond donors (Lipinski definition) is 3. The van der Waals surface area contributed by atoms with Gasteiger partial charge in [0.05, 0.1) is 11.2 Å². The van der Waals surface area contributed by atoms with Gasteiger partial charge >= 0.3 is 11.7 Å². The van der Waals surface area contributed by atoms with Crippen LogP contribution in [0, 0.1) is 5.92 Å². The van der Waals surface area contributed by atoms with Crippen LogP contribution in [0.2, 0.25) is 0 Å². The highest BCUT2D eigenvalue weighted by molar-refractivity contribution is 5.89. The normalized spacial score (nSPS) is 18.4. The van der Waals surface area contributed by atoms with Crippen molar-refractivity contribution in [2.45, 2.75) is 38.6 Å². The molecule has 1 aromatic heterocycles. The smallest absolute Gasteiger partial charge is 0.338 e. The summed E-state index contributed by atoms with van der Waals surface area (Å²) in [5.74, 6) is 0.647. The van der Waals surface area contributed by atoms with Crippen molar-refractivity contribution in [1.29, 1.82) is 0 Å². The number of aromatic nitrogens is 2. The highest BCUT2D eigenvalue weighted by Crippen LogP contribution is 2.17. The third kappa shape index (κ3) is 8.01. The first kappa shape index (κ1) is 30.6. The van der Waals surface area contributed by atoms with Gasteiger partial charge in [0.15, 0.2) is 0 Å². The Morgan fingerprint density at radius 1 is 1.05 bits per heavy atom. The molecule has 2 saturated heterocycles. The number of nitrogens with one attached hydrogen (secondary N) is 1. The van der Waals surface area contributed by atoms with Crippen molar-refractivity contribution >= 4 is 30.2 Å². The summed E-state index contributed by atoms with van der Waals surface area (Å²) in [6, 6.07) is 9.16. The molecule has 0 saturated carbocycles. The second-order valence-corrected chi connectivity index (χ2v) is 10.9. The van der Waals surface area contributed by atoms with Gasteiger partial charge in [-0.1, -0.05) is 12.1 Å². The number of nitrogens with two attached hydrogens (primary N) is 2. The number of amides is 3. The molecule has 1 aromatic carbocycles. The largest absolute Gasteiger partial charge is 0.354 e. The summed E-state index contributed by atoms with van der Waals surface area (Å²) in [4.78, 5) is 47.5. The number of piperidine rings is 1. The third-order valence-electron chi connectivity index (χ3n) is 7.31. The van der Waals surface area contributed by atoms with Crippen LogP contribution in [0.5, 0.6) is 0 Å². The lowest BCUT2D eigenvalue weighted by Crippen LogP contribution is -2.58. The molecule has 214 valence electrons. The number of likely N-dealkylation sites (tertiary alicyclic amines) is 1. The Labute approximate surface area is 235 Å². The molecular formula is C27H41ClN8O3. The van der Waals surface area contributed by atoms with E-state index in [1.807, 2.05) is 24.3 Å². The first-order valence-corrected chi connectivity index (χ1v) is 13.4. The quantitative estimate of drug-likeness (QED) is 0.463. The fourth-order valence-corrected chi connectivity index (χ4v) is 5.04. The van der Waals surface area contributed by atoms with Crippen LogP contribution in [0.1, 0.15) is 32.3 Å². The van der Waals surface area contributed by atoms with E-state index in [1.165, 1.54) is 23.0 Å². The molecule has 0 spiro atoms. The fraction of sp³-hybridized carbons (Fsp3) is 0.556. The Hall–Kier alpha value is -2.99. The number of anilines is 1. The maximum Gasteiger partial charge on any atom is 0.354 e. The molecule has 2 fully saturated rings. The molecular weight excluding hydrogens is 520 g/mol. The number of hydrogen-bond acceptors (Lipinski definition) is 7. The van der Waals surface area contributed by atoms with Crippen LogP contribution in [0.15, 0.2) is 41.3 Å². The van der Waals surface area contributed by atoms with Gasteiger partial charge in [-0.25, -0.2) is 9.59 Å². The number of piperazine rings is 1. The van der Waals surface area contributed by atoms with Crippen LogP contribution in [-0.2, 0) is 11.2 Å².